The number of aryl methyl sites for hydroxylation is 4. The highest BCUT2D eigenvalue weighted by atomic mass is 16.2. The van der Waals surface area contributed by atoms with Gasteiger partial charge in [-0.1, -0.05) is 24.3 Å². The van der Waals surface area contributed by atoms with Gasteiger partial charge in [-0.25, -0.2) is 9.97 Å². The number of rotatable bonds is 7. The van der Waals surface area contributed by atoms with Crippen molar-refractivity contribution in [3.05, 3.63) is 77.9 Å². The summed E-state index contributed by atoms with van der Waals surface area (Å²) in [6, 6.07) is 10.9. The monoisotopic (exact) mass is 576 g/mol. The van der Waals surface area contributed by atoms with Crippen molar-refractivity contribution in [2.45, 2.75) is 38.3 Å². The van der Waals surface area contributed by atoms with E-state index >= 15 is 0 Å². The predicted octanol–water partition coefficient (Wildman–Crippen LogP) is 2.99. The number of likely N-dealkylation sites (N-methyl/N-ethyl adjacent to an activating group) is 1. The van der Waals surface area contributed by atoms with E-state index in [1.54, 1.807) is 4.68 Å². The Kier molecular flexibility index (Phi) is 6.89. The lowest BCUT2D eigenvalue weighted by atomic mass is 9.91. The average molecular weight is 577 g/mol. The Bertz CT molecular complexity index is 1790. The minimum Gasteiger partial charge on any atom is -0.339 e. The number of amides is 1. The van der Waals surface area contributed by atoms with E-state index in [1.807, 2.05) is 59.2 Å². The Morgan fingerprint density at radius 3 is 2.56 bits per heavy atom. The fourth-order valence-corrected chi connectivity index (χ4v) is 6.28. The summed E-state index contributed by atoms with van der Waals surface area (Å²) in [6.45, 7) is 1.81. The molecule has 1 aliphatic heterocycles. The van der Waals surface area contributed by atoms with Gasteiger partial charge in [0.15, 0.2) is 0 Å². The average Bonchev–Trinajstić information content (AvgIpc) is 3.80. The van der Waals surface area contributed by atoms with E-state index in [2.05, 4.69) is 53.5 Å². The van der Waals surface area contributed by atoms with Gasteiger partial charge < -0.3 is 9.80 Å². The molecule has 1 saturated heterocycles. The summed E-state index contributed by atoms with van der Waals surface area (Å²) in [7, 11) is 8.06. The summed E-state index contributed by atoms with van der Waals surface area (Å²) in [5, 5.41) is 13.9. The largest absolute Gasteiger partial charge is 0.339 e. The van der Waals surface area contributed by atoms with Crippen molar-refractivity contribution in [1.82, 2.24) is 49.1 Å². The van der Waals surface area contributed by atoms with E-state index in [-0.39, 0.29) is 12.5 Å². The van der Waals surface area contributed by atoms with E-state index in [9.17, 15) is 4.79 Å². The molecule has 1 atom stereocenters. The van der Waals surface area contributed by atoms with E-state index in [1.165, 1.54) is 0 Å². The zero-order chi connectivity index (χ0) is 29.7. The van der Waals surface area contributed by atoms with Crippen LogP contribution in [0.25, 0.3) is 33.6 Å². The molecular weight excluding hydrogens is 540 g/mol. The van der Waals surface area contributed by atoms with E-state index in [4.69, 9.17) is 15.1 Å². The molecule has 0 bridgehead atoms. The number of likely N-dealkylation sites (tertiary alicyclic amines) is 1. The maximum Gasteiger partial charge on any atom is 0.244 e. The van der Waals surface area contributed by atoms with Crippen LogP contribution in [0.2, 0.25) is 0 Å². The van der Waals surface area contributed by atoms with Gasteiger partial charge in [-0.3, -0.25) is 18.8 Å². The van der Waals surface area contributed by atoms with Crippen LogP contribution in [0.3, 0.4) is 0 Å². The summed E-state index contributed by atoms with van der Waals surface area (Å²) >= 11 is 0. The lowest BCUT2D eigenvalue weighted by Gasteiger charge is -2.20. The van der Waals surface area contributed by atoms with E-state index in [0.29, 0.717) is 18.3 Å². The van der Waals surface area contributed by atoms with Gasteiger partial charge >= 0.3 is 0 Å². The fraction of sp³-hybridized carbons (Fsp3) is 0.375. The molecule has 5 heterocycles. The molecule has 0 spiro atoms. The van der Waals surface area contributed by atoms with Gasteiger partial charge in [0, 0.05) is 68.5 Å². The van der Waals surface area contributed by atoms with Gasteiger partial charge in [0.2, 0.25) is 5.91 Å². The van der Waals surface area contributed by atoms with Crippen molar-refractivity contribution >= 4 is 5.91 Å². The molecular formula is C32H36N10O. The summed E-state index contributed by atoms with van der Waals surface area (Å²) < 4.78 is 5.51. The highest BCUT2D eigenvalue weighted by Gasteiger charge is 2.29. The van der Waals surface area contributed by atoms with Crippen molar-refractivity contribution in [1.29, 1.82) is 0 Å². The quantitative estimate of drug-likeness (QED) is 0.294. The first-order valence-electron chi connectivity index (χ1n) is 14.8. The van der Waals surface area contributed by atoms with Crippen LogP contribution in [0.1, 0.15) is 29.2 Å². The van der Waals surface area contributed by atoms with Gasteiger partial charge in [0.05, 0.1) is 35.4 Å². The second-order valence-electron chi connectivity index (χ2n) is 11.9. The SMILES string of the molecule is CN(C)[C@H]1CCN(C(=O)Cn2ccc(Cc3ncc4c(n3)-c3c(nn(C)c3-c3ccc(-c5cnn(C)c5)cc3)CC4)n2)C1. The first-order valence-corrected chi connectivity index (χ1v) is 14.8. The number of carbonyl (C=O) groups is 1. The maximum atomic E-state index is 12.9. The number of benzene rings is 1. The van der Waals surface area contributed by atoms with Gasteiger partial charge in [0.25, 0.3) is 0 Å². The van der Waals surface area contributed by atoms with Gasteiger partial charge in [-0.15, -0.1) is 0 Å². The van der Waals surface area contributed by atoms with Crippen molar-refractivity contribution in [2.24, 2.45) is 14.1 Å². The molecule has 43 heavy (non-hydrogen) atoms. The third kappa shape index (κ3) is 5.25. The van der Waals surface area contributed by atoms with Gasteiger partial charge in [-0.2, -0.15) is 15.3 Å². The molecule has 1 aromatic carbocycles. The van der Waals surface area contributed by atoms with Crippen LogP contribution in [0.4, 0.5) is 0 Å². The van der Waals surface area contributed by atoms with Crippen LogP contribution in [-0.4, -0.2) is 88.2 Å². The number of nitrogens with zero attached hydrogens (tertiary/aromatic N) is 10. The van der Waals surface area contributed by atoms with Crippen LogP contribution in [0.5, 0.6) is 0 Å². The highest BCUT2D eigenvalue weighted by Crippen LogP contribution is 2.39. The van der Waals surface area contributed by atoms with Crippen LogP contribution >= 0.6 is 0 Å². The number of hydrogen-bond donors (Lipinski definition) is 0. The lowest BCUT2D eigenvalue weighted by molar-refractivity contribution is -0.131. The summed E-state index contributed by atoms with van der Waals surface area (Å²) in [5.41, 5.74) is 9.43. The van der Waals surface area contributed by atoms with Crippen LogP contribution < -0.4 is 0 Å². The molecule has 1 fully saturated rings. The van der Waals surface area contributed by atoms with Crippen molar-refractivity contribution in [3.63, 3.8) is 0 Å². The maximum absolute atomic E-state index is 12.9. The third-order valence-electron chi connectivity index (χ3n) is 8.68. The topological polar surface area (TPSA) is 103 Å². The minimum absolute atomic E-state index is 0.106. The normalized spacial score (nSPS) is 16.1. The first kappa shape index (κ1) is 27.2. The van der Waals surface area contributed by atoms with E-state index in [0.717, 1.165) is 82.9 Å². The lowest BCUT2D eigenvalue weighted by Crippen LogP contribution is -2.36. The molecule has 0 N–H and O–H groups in total. The van der Waals surface area contributed by atoms with Crippen LogP contribution in [-0.2, 0) is 44.7 Å². The zero-order valence-electron chi connectivity index (χ0n) is 25.1. The predicted molar refractivity (Wildman–Crippen MR) is 163 cm³/mol. The smallest absolute Gasteiger partial charge is 0.244 e. The van der Waals surface area contributed by atoms with Crippen molar-refractivity contribution < 1.29 is 4.79 Å². The number of fused-ring (bicyclic) bond motifs is 3. The highest BCUT2D eigenvalue weighted by molar-refractivity contribution is 5.84. The summed E-state index contributed by atoms with van der Waals surface area (Å²) in [5.74, 6) is 0.812. The summed E-state index contributed by atoms with van der Waals surface area (Å²) in [6.07, 6.45) is 10.9. The molecule has 5 aromatic rings. The number of aromatic nitrogens is 8. The molecule has 7 rings (SSSR count). The van der Waals surface area contributed by atoms with Gasteiger partial charge in [0.1, 0.15) is 12.4 Å². The Morgan fingerprint density at radius 1 is 1.00 bits per heavy atom. The zero-order valence-corrected chi connectivity index (χ0v) is 25.1. The molecule has 2 aliphatic rings. The van der Waals surface area contributed by atoms with Crippen LogP contribution in [0.15, 0.2) is 55.1 Å². The Hall–Kier alpha value is -4.64. The Morgan fingerprint density at radius 2 is 1.81 bits per heavy atom. The molecule has 220 valence electrons. The fourth-order valence-electron chi connectivity index (χ4n) is 6.28. The van der Waals surface area contributed by atoms with Crippen LogP contribution in [0, 0.1) is 0 Å². The van der Waals surface area contributed by atoms with Crippen molar-refractivity contribution in [3.8, 4) is 33.6 Å². The summed E-state index contributed by atoms with van der Waals surface area (Å²) in [4.78, 5) is 26.8. The number of hydrogen-bond acceptors (Lipinski definition) is 7. The van der Waals surface area contributed by atoms with E-state index < -0.39 is 0 Å². The molecule has 0 unspecified atom stereocenters. The number of carbonyl (C=O) groups excluding carboxylic acids is 1. The molecule has 0 radical (unpaired) electrons. The molecule has 1 aliphatic carbocycles. The molecule has 1 amide bonds. The first-order chi connectivity index (χ1) is 20.8. The molecule has 4 aromatic heterocycles. The Balaban J connectivity index is 1.11. The standard InChI is InChI=1S/C32H36N10O/c1-38(2)26-12-13-41(19-26)29(43)20-42-14-11-25(36-42)15-28-33-16-23-9-10-27-30(31(23)35-28)32(40(4)37-27)22-7-5-21(6-8-22)24-17-34-39(3)18-24/h5-8,11,14,16-18,26H,9-10,12-13,15,19-20H2,1-4H3/t26-/m0/s1. The minimum atomic E-state index is 0.106. The second kappa shape index (κ2) is 10.9. The van der Waals surface area contributed by atoms with Crippen molar-refractivity contribution in [2.75, 3.05) is 27.2 Å². The molecule has 11 nitrogen and oxygen atoms in total. The molecule has 0 saturated carbocycles. The van der Waals surface area contributed by atoms with Gasteiger partial charge in [-0.05, 0) is 50.6 Å². The molecule has 11 heteroatoms. The Labute approximate surface area is 250 Å². The third-order valence-corrected chi connectivity index (χ3v) is 8.68. The second-order valence-corrected chi connectivity index (χ2v) is 11.9.